The number of hydrogen-bond donors (Lipinski definition) is 2. The lowest BCUT2D eigenvalue weighted by Crippen LogP contribution is -2.40. The topological polar surface area (TPSA) is 72.9 Å². The number of nitrogens with two attached hydrogens (primary N) is 1. The Morgan fingerprint density at radius 1 is 1.17 bits per heavy atom. The standard InChI is InChI=1S/C22H26N4OS.ClH/c1-28-14-11-21(23)22(27)24-15-19-5-2-3-6-20(19)18-9-7-17(8-10-18)16-26-13-4-12-25-26;/h2-10,12-13,21H,11,14-16,23H2,1H3,(H,24,27);1H/t21-;/m0./s1. The van der Waals surface area contributed by atoms with Crippen LogP contribution in [0.25, 0.3) is 11.1 Å². The van der Waals surface area contributed by atoms with Gasteiger partial charge in [-0.05, 0) is 46.7 Å². The largest absolute Gasteiger partial charge is 0.351 e. The monoisotopic (exact) mass is 430 g/mol. The number of amides is 1. The SMILES string of the molecule is CSCC[C@H](N)C(=O)NCc1ccccc1-c1ccc(Cn2cccn2)cc1.Cl. The van der Waals surface area contributed by atoms with Crippen LogP contribution in [0.2, 0.25) is 0 Å². The van der Waals surface area contributed by atoms with Gasteiger partial charge in [-0.2, -0.15) is 16.9 Å². The molecule has 0 aliphatic heterocycles. The molecule has 7 heteroatoms. The van der Waals surface area contributed by atoms with Gasteiger partial charge in [0.25, 0.3) is 0 Å². The Bertz CT molecular complexity index is 884. The molecule has 1 heterocycles. The number of carbonyl (C=O) groups excluding carboxylic acids is 1. The van der Waals surface area contributed by atoms with Crippen molar-refractivity contribution in [2.75, 3.05) is 12.0 Å². The van der Waals surface area contributed by atoms with Crippen molar-refractivity contribution >= 4 is 30.1 Å². The zero-order valence-corrected chi connectivity index (χ0v) is 18.1. The minimum absolute atomic E-state index is 0. The van der Waals surface area contributed by atoms with E-state index in [1.807, 2.05) is 41.4 Å². The fraction of sp³-hybridized carbons (Fsp3) is 0.273. The fourth-order valence-electron chi connectivity index (χ4n) is 3.02. The highest BCUT2D eigenvalue weighted by Gasteiger charge is 2.13. The van der Waals surface area contributed by atoms with Gasteiger partial charge >= 0.3 is 0 Å². The van der Waals surface area contributed by atoms with E-state index >= 15 is 0 Å². The molecule has 0 spiro atoms. The number of carbonyl (C=O) groups is 1. The van der Waals surface area contributed by atoms with Gasteiger partial charge in [-0.15, -0.1) is 12.4 Å². The van der Waals surface area contributed by atoms with Crippen LogP contribution in [0.3, 0.4) is 0 Å². The zero-order valence-electron chi connectivity index (χ0n) is 16.5. The maximum atomic E-state index is 12.2. The van der Waals surface area contributed by atoms with Crippen molar-refractivity contribution < 1.29 is 4.79 Å². The Morgan fingerprint density at radius 2 is 1.93 bits per heavy atom. The lowest BCUT2D eigenvalue weighted by Gasteiger charge is -2.14. The van der Waals surface area contributed by atoms with Gasteiger partial charge in [-0.1, -0.05) is 48.5 Å². The number of halogens is 1. The number of nitrogens with one attached hydrogen (secondary N) is 1. The van der Waals surface area contributed by atoms with Gasteiger partial charge in [0.2, 0.25) is 5.91 Å². The number of benzene rings is 2. The zero-order chi connectivity index (χ0) is 19.8. The van der Waals surface area contributed by atoms with Crippen LogP contribution < -0.4 is 11.1 Å². The van der Waals surface area contributed by atoms with Crippen LogP contribution in [0.1, 0.15) is 17.5 Å². The number of nitrogens with zero attached hydrogens (tertiary/aromatic N) is 2. The highest BCUT2D eigenvalue weighted by molar-refractivity contribution is 7.98. The molecule has 0 bridgehead atoms. The van der Waals surface area contributed by atoms with E-state index in [4.69, 9.17) is 5.73 Å². The molecule has 1 amide bonds. The number of rotatable bonds is 9. The van der Waals surface area contributed by atoms with Gasteiger partial charge < -0.3 is 11.1 Å². The summed E-state index contributed by atoms with van der Waals surface area (Å²) >= 11 is 1.70. The second-order valence-electron chi connectivity index (χ2n) is 6.66. The summed E-state index contributed by atoms with van der Waals surface area (Å²) in [6.07, 6.45) is 6.44. The molecule has 3 rings (SSSR count). The highest BCUT2D eigenvalue weighted by atomic mass is 35.5. The fourth-order valence-corrected chi connectivity index (χ4v) is 3.51. The first kappa shape index (κ1) is 23.0. The molecule has 0 saturated carbocycles. The van der Waals surface area contributed by atoms with Crippen molar-refractivity contribution in [3.63, 3.8) is 0 Å². The predicted molar refractivity (Wildman–Crippen MR) is 123 cm³/mol. The van der Waals surface area contributed by atoms with E-state index < -0.39 is 6.04 Å². The Balaban J connectivity index is 0.00000300. The molecule has 0 radical (unpaired) electrons. The molecule has 29 heavy (non-hydrogen) atoms. The van der Waals surface area contributed by atoms with Crippen molar-refractivity contribution in [1.29, 1.82) is 0 Å². The number of hydrogen-bond acceptors (Lipinski definition) is 4. The van der Waals surface area contributed by atoms with E-state index in [-0.39, 0.29) is 18.3 Å². The maximum absolute atomic E-state index is 12.2. The average molecular weight is 431 g/mol. The van der Waals surface area contributed by atoms with Crippen molar-refractivity contribution in [3.05, 3.63) is 78.1 Å². The molecule has 0 unspecified atom stereocenters. The summed E-state index contributed by atoms with van der Waals surface area (Å²) in [5.41, 5.74) is 10.5. The van der Waals surface area contributed by atoms with E-state index in [1.165, 1.54) is 5.56 Å². The molecular weight excluding hydrogens is 404 g/mol. The van der Waals surface area contributed by atoms with Crippen molar-refractivity contribution in [2.24, 2.45) is 5.73 Å². The summed E-state index contributed by atoms with van der Waals surface area (Å²) in [6.45, 7) is 1.22. The summed E-state index contributed by atoms with van der Waals surface area (Å²) in [5.74, 6) is 0.786. The van der Waals surface area contributed by atoms with E-state index in [0.717, 1.165) is 29.0 Å². The minimum atomic E-state index is -0.457. The third-order valence-corrected chi connectivity index (χ3v) is 5.25. The second-order valence-corrected chi connectivity index (χ2v) is 7.65. The van der Waals surface area contributed by atoms with Crippen LogP contribution in [0.15, 0.2) is 67.0 Å². The molecule has 0 fully saturated rings. The predicted octanol–water partition coefficient (Wildman–Crippen LogP) is 3.72. The molecule has 3 N–H and O–H groups in total. The van der Waals surface area contributed by atoms with Gasteiger partial charge in [0, 0.05) is 18.9 Å². The summed E-state index contributed by atoms with van der Waals surface area (Å²) < 4.78 is 1.90. The Kier molecular flexibility index (Phi) is 9.25. The smallest absolute Gasteiger partial charge is 0.237 e. The third kappa shape index (κ3) is 6.63. The lowest BCUT2D eigenvalue weighted by molar-refractivity contribution is -0.122. The first-order valence-corrected chi connectivity index (χ1v) is 10.7. The minimum Gasteiger partial charge on any atom is -0.351 e. The van der Waals surface area contributed by atoms with E-state index in [0.29, 0.717) is 13.0 Å². The first-order valence-electron chi connectivity index (χ1n) is 9.34. The van der Waals surface area contributed by atoms with Gasteiger partial charge in [0.05, 0.1) is 12.6 Å². The van der Waals surface area contributed by atoms with Crippen LogP contribution in [-0.2, 0) is 17.9 Å². The molecule has 1 aromatic heterocycles. The van der Waals surface area contributed by atoms with E-state index in [2.05, 4.69) is 40.7 Å². The number of aromatic nitrogens is 2. The lowest BCUT2D eigenvalue weighted by atomic mass is 9.98. The van der Waals surface area contributed by atoms with Gasteiger partial charge in [0.1, 0.15) is 0 Å². The summed E-state index contributed by atoms with van der Waals surface area (Å²) in [6, 6.07) is 18.1. The normalized spacial score (nSPS) is 11.5. The van der Waals surface area contributed by atoms with Gasteiger partial charge in [0.15, 0.2) is 0 Å². The van der Waals surface area contributed by atoms with Crippen molar-refractivity contribution in [1.82, 2.24) is 15.1 Å². The molecule has 0 aliphatic rings. The third-order valence-electron chi connectivity index (χ3n) is 4.61. The highest BCUT2D eigenvalue weighted by Crippen LogP contribution is 2.24. The Morgan fingerprint density at radius 3 is 2.62 bits per heavy atom. The molecule has 3 aromatic rings. The van der Waals surface area contributed by atoms with Crippen LogP contribution in [-0.4, -0.2) is 33.7 Å². The molecule has 5 nitrogen and oxygen atoms in total. The second kappa shape index (κ2) is 11.7. The summed E-state index contributed by atoms with van der Waals surface area (Å²) in [7, 11) is 0. The van der Waals surface area contributed by atoms with Crippen molar-refractivity contribution in [3.8, 4) is 11.1 Å². The maximum Gasteiger partial charge on any atom is 0.237 e. The molecular formula is C22H27ClN4OS. The van der Waals surface area contributed by atoms with Crippen LogP contribution >= 0.6 is 24.2 Å². The Hall–Kier alpha value is -2.28. The van der Waals surface area contributed by atoms with Crippen LogP contribution in [0.4, 0.5) is 0 Å². The number of thioether (sulfide) groups is 1. The first-order chi connectivity index (χ1) is 13.7. The van der Waals surface area contributed by atoms with E-state index in [1.54, 1.807) is 18.0 Å². The Labute approximate surface area is 182 Å². The summed E-state index contributed by atoms with van der Waals surface area (Å²) in [5, 5.41) is 7.22. The van der Waals surface area contributed by atoms with Gasteiger partial charge in [-0.3, -0.25) is 9.48 Å². The van der Waals surface area contributed by atoms with Gasteiger partial charge in [-0.25, -0.2) is 0 Å². The molecule has 2 aromatic carbocycles. The molecule has 0 aliphatic carbocycles. The van der Waals surface area contributed by atoms with Crippen LogP contribution in [0, 0.1) is 0 Å². The van der Waals surface area contributed by atoms with Crippen LogP contribution in [0.5, 0.6) is 0 Å². The quantitative estimate of drug-likeness (QED) is 0.542. The summed E-state index contributed by atoms with van der Waals surface area (Å²) in [4.78, 5) is 12.2. The van der Waals surface area contributed by atoms with E-state index in [9.17, 15) is 4.79 Å². The van der Waals surface area contributed by atoms with Crippen molar-refractivity contribution in [2.45, 2.75) is 25.6 Å². The molecule has 1 atom stereocenters. The molecule has 0 saturated heterocycles. The average Bonchev–Trinajstić information content (AvgIpc) is 3.24. The molecule has 154 valence electrons.